The standard InChI is InChI=1S/C18H15ClFN3O4/c1-10-2-4-13(8-14(10)19)22-9-11(6-17(22)24)18(25)21-12-3-5-15(20)16(7-12)23(26)27/h2-5,7-8,11H,6,9H2,1H3,(H,21,25)/t11-/m1/s1. The van der Waals surface area contributed by atoms with Crippen LogP contribution in [-0.2, 0) is 9.59 Å². The summed E-state index contributed by atoms with van der Waals surface area (Å²) in [6, 6.07) is 8.29. The van der Waals surface area contributed by atoms with E-state index in [1.807, 2.05) is 6.92 Å². The molecule has 1 fully saturated rings. The van der Waals surface area contributed by atoms with Crippen LogP contribution < -0.4 is 10.2 Å². The lowest BCUT2D eigenvalue weighted by molar-refractivity contribution is -0.387. The van der Waals surface area contributed by atoms with Gasteiger partial charge in [-0.3, -0.25) is 19.7 Å². The Bertz CT molecular complexity index is 950. The Labute approximate surface area is 158 Å². The summed E-state index contributed by atoms with van der Waals surface area (Å²) in [7, 11) is 0. The third-order valence-electron chi connectivity index (χ3n) is 4.37. The number of amides is 2. The predicted molar refractivity (Wildman–Crippen MR) is 98.3 cm³/mol. The third-order valence-corrected chi connectivity index (χ3v) is 4.78. The van der Waals surface area contributed by atoms with Crippen LogP contribution in [0.1, 0.15) is 12.0 Å². The van der Waals surface area contributed by atoms with E-state index < -0.39 is 28.3 Å². The van der Waals surface area contributed by atoms with E-state index in [-0.39, 0.29) is 24.6 Å². The highest BCUT2D eigenvalue weighted by Crippen LogP contribution is 2.30. The zero-order chi connectivity index (χ0) is 19.7. The van der Waals surface area contributed by atoms with Crippen LogP contribution in [0.3, 0.4) is 0 Å². The van der Waals surface area contributed by atoms with E-state index in [0.717, 1.165) is 17.7 Å². The highest BCUT2D eigenvalue weighted by atomic mass is 35.5. The van der Waals surface area contributed by atoms with Gasteiger partial charge in [-0.15, -0.1) is 0 Å². The van der Waals surface area contributed by atoms with Crippen LogP contribution in [0, 0.1) is 28.8 Å². The second kappa shape index (κ2) is 7.32. The Morgan fingerprint density at radius 3 is 2.74 bits per heavy atom. The van der Waals surface area contributed by atoms with Crippen LogP contribution in [0.25, 0.3) is 0 Å². The number of halogens is 2. The summed E-state index contributed by atoms with van der Waals surface area (Å²) in [5.41, 5.74) is 0.839. The highest BCUT2D eigenvalue weighted by molar-refractivity contribution is 6.31. The van der Waals surface area contributed by atoms with E-state index in [0.29, 0.717) is 10.7 Å². The maximum Gasteiger partial charge on any atom is 0.306 e. The van der Waals surface area contributed by atoms with Crippen molar-refractivity contribution >= 4 is 40.5 Å². The molecular formula is C18H15ClFN3O4. The van der Waals surface area contributed by atoms with E-state index in [4.69, 9.17) is 11.6 Å². The summed E-state index contributed by atoms with van der Waals surface area (Å²) in [4.78, 5) is 36.1. The lowest BCUT2D eigenvalue weighted by Crippen LogP contribution is -2.28. The molecule has 27 heavy (non-hydrogen) atoms. The summed E-state index contributed by atoms with van der Waals surface area (Å²) in [6.45, 7) is 2.00. The van der Waals surface area contributed by atoms with E-state index in [1.54, 1.807) is 18.2 Å². The number of benzene rings is 2. The smallest absolute Gasteiger partial charge is 0.306 e. The molecule has 0 spiro atoms. The number of carbonyl (C=O) groups is 2. The van der Waals surface area contributed by atoms with Gasteiger partial charge in [0, 0.05) is 35.4 Å². The van der Waals surface area contributed by atoms with Crippen molar-refractivity contribution < 1.29 is 18.9 Å². The minimum Gasteiger partial charge on any atom is -0.326 e. The lowest BCUT2D eigenvalue weighted by atomic mass is 10.1. The molecule has 1 atom stereocenters. The fourth-order valence-corrected chi connectivity index (χ4v) is 3.03. The van der Waals surface area contributed by atoms with Crippen molar-refractivity contribution in [1.29, 1.82) is 0 Å². The summed E-state index contributed by atoms with van der Waals surface area (Å²) in [6.07, 6.45) is 0.000612. The van der Waals surface area contributed by atoms with Gasteiger partial charge in [0.15, 0.2) is 0 Å². The molecule has 140 valence electrons. The van der Waals surface area contributed by atoms with Crippen LogP contribution >= 0.6 is 11.6 Å². The molecule has 1 N–H and O–H groups in total. The highest BCUT2D eigenvalue weighted by Gasteiger charge is 2.35. The van der Waals surface area contributed by atoms with Crippen LogP contribution in [0.4, 0.5) is 21.5 Å². The average molecular weight is 392 g/mol. The first-order valence-corrected chi connectivity index (χ1v) is 8.45. The van der Waals surface area contributed by atoms with E-state index in [1.165, 1.54) is 11.0 Å². The van der Waals surface area contributed by atoms with Gasteiger partial charge in [-0.25, -0.2) is 0 Å². The maximum absolute atomic E-state index is 13.4. The molecule has 2 aromatic carbocycles. The van der Waals surface area contributed by atoms with Crippen LogP contribution in [-0.4, -0.2) is 23.3 Å². The first kappa shape index (κ1) is 18.8. The van der Waals surface area contributed by atoms with Gasteiger partial charge >= 0.3 is 5.69 Å². The van der Waals surface area contributed by atoms with Crippen molar-refractivity contribution in [2.24, 2.45) is 5.92 Å². The van der Waals surface area contributed by atoms with Gasteiger partial charge in [0.25, 0.3) is 0 Å². The Balaban J connectivity index is 1.73. The molecule has 1 aliphatic rings. The van der Waals surface area contributed by atoms with Gasteiger partial charge in [0.1, 0.15) is 0 Å². The number of nitro benzene ring substituents is 1. The fourth-order valence-electron chi connectivity index (χ4n) is 2.86. The van der Waals surface area contributed by atoms with Crippen molar-refractivity contribution in [1.82, 2.24) is 0 Å². The lowest BCUT2D eigenvalue weighted by Gasteiger charge is -2.17. The monoisotopic (exact) mass is 391 g/mol. The molecule has 0 radical (unpaired) electrons. The Morgan fingerprint density at radius 2 is 2.07 bits per heavy atom. The maximum atomic E-state index is 13.4. The van der Waals surface area contributed by atoms with Crippen LogP contribution in [0.2, 0.25) is 5.02 Å². The molecule has 0 unspecified atom stereocenters. The van der Waals surface area contributed by atoms with Gasteiger partial charge in [-0.05, 0) is 36.8 Å². The fraction of sp³-hybridized carbons (Fsp3) is 0.222. The zero-order valence-corrected chi connectivity index (χ0v) is 15.0. The van der Waals surface area contributed by atoms with Crippen LogP contribution in [0.5, 0.6) is 0 Å². The molecule has 0 bridgehead atoms. The molecule has 9 heteroatoms. The Kier molecular flexibility index (Phi) is 5.09. The molecule has 1 heterocycles. The number of hydrogen-bond donors (Lipinski definition) is 1. The topological polar surface area (TPSA) is 92.6 Å². The first-order chi connectivity index (χ1) is 12.8. The van der Waals surface area contributed by atoms with Crippen molar-refractivity contribution in [3.63, 3.8) is 0 Å². The molecule has 0 aliphatic carbocycles. The Hall–Kier alpha value is -3.00. The van der Waals surface area contributed by atoms with E-state index >= 15 is 0 Å². The van der Waals surface area contributed by atoms with E-state index in [2.05, 4.69) is 5.32 Å². The number of rotatable bonds is 4. The minimum atomic E-state index is -0.989. The van der Waals surface area contributed by atoms with Crippen LogP contribution in [0.15, 0.2) is 36.4 Å². The number of nitro groups is 1. The van der Waals surface area contributed by atoms with Gasteiger partial charge in [-0.1, -0.05) is 17.7 Å². The summed E-state index contributed by atoms with van der Waals surface area (Å²) in [5, 5.41) is 13.8. The second-order valence-corrected chi connectivity index (χ2v) is 6.66. The van der Waals surface area contributed by atoms with Crippen molar-refractivity contribution in [3.05, 3.63) is 62.9 Å². The second-order valence-electron chi connectivity index (χ2n) is 6.25. The van der Waals surface area contributed by atoms with Crippen molar-refractivity contribution in [2.75, 3.05) is 16.8 Å². The molecular weight excluding hydrogens is 377 g/mol. The number of aryl methyl sites for hydroxylation is 1. The SMILES string of the molecule is Cc1ccc(N2C[C@H](C(=O)Nc3ccc(F)c([N+](=O)[O-])c3)CC2=O)cc1Cl. The van der Waals surface area contributed by atoms with Gasteiger partial charge in [0.2, 0.25) is 17.6 Å². The quantitative estimate of drug-likeness (QED) is 0.635. The summed E-state index contributed by atoms with van der Waals surface area (Å²) >= 11 is 6.10. The molecule has 1 saturated heterocycles. The Morgan fingerprint density at radius 1 is 1.33 bits per heavy atom. The summed E-state index contributed by atoms with van der Waals surface area (Å²) in [5.74, 6) is -2.32. The molecule has 2 aromatic rings. The minimum absolute atomic E-state index is 0.000612. The summed E-state index contributed by atoms with van der Waals surface area (Å²) < 4.78 is 13.4. The molecule has 3 rings (SSSR count). The first-order valence-electron chi connectivity index (χ1n) is 8.07. The third kappa shape index (κ3) is 3.90. The number of hydrogen-bond acceptors (Lipinski definition) is 4. The average Bonchev–Trinajstić information content (AvgIpc) is 3.00. The molecule has 2 amide bonds. The largest absolute Gasteiger partial charge is 0.326 e. The van der Waals surface area contributed by atoms with Gasteiger partial charge < -0.3 is 10.2 Å². The molecule has 1 aliphatic heterocycles. The number of carbonyl (C=O) groups excluding carboxylic acids is 2. The number of anilines is 2. The van der Waals surface area contributed by atoms with Crippen molar-refractivity contribution in [2.45, 2.75) is 13.3 Å². The van der Waals surface area contributed by atoms with Gasteiger partial charge in [-0.2, -0.15) is 4.39 Å². The number of nitrogens with zero attached hydrogens (tertiary/aromatic N) is 2. The zero-order valence-electron chi connectivity index (χ0n) is 14.2. The van der Waals surface area contributed by atoms with Crippen molar-refractivity contribution in [3.8, 4) is 0 Å². The van der Waals surface area contributed by atoms with Gasteiger partial charge in [0.05, 0.1) is 10.8 Å². The molecule has 7 nitrogen and oxygen atoms in total. The molecule has 0 saturated carbocycles. The normalized spacial score (nSPS) is 16.5. The number of nitrogens with one attached hydrogen (secondary N) is 1. The van der Waals surface area contributed by atoms with E-state index in [9.17, 15) is 24.1 Å². The molecule has 0 aromatic heterocycles. The predicted octanol–water partition coefficient (Wildman–Crippen LogP) is 3.69.